The first kappa shape index (κ1) is 32.2. The molecule has 2 aromatic carbocycles. The van der Waals surface area contributed by atoms with Crippen LogP contribution in [0.4, 0.5) is 4.39 Å². The highest BCUT2D eigenvalue weighted by Gasteiger charge is 2.32. The molecule has 1 N–H and O–H groups in total. The largest absolute Gasteiger partial charge is 0.493 e. The Bertz CT molecular complexity index is 1330. The monoisotopic (exact) mass is 580 g/mol. The number of nitrogens with one attached hydrogen (secondary N) is 1. The molecular weight excluding hydrogens is 543 g/mol. The first-order valence-corrected chi connectivity index (χ1v) is 13.6. The van der Waals surface area contributed by atoms with E-state index in [2.05, 4.69) is 10.3 Å². The van der Waals surface area contributed by atoms with Crippen LogP contribution >= 0.6 is 0 Å². The Morgan fingerprint density at radius 2 is 1.74 bits per heavy atom. The molecule has 42 heavy (non-hydrogen) atoms. The molecule has 0 fully saturated rings. The molecule has 1 heterocycles. The van der Waals surface area contributed by atoms with Gasteiger partial charge in [-0.2, -0.15) is 0 Å². The van der Waals surface area contributed by atoms with Gasteiger partial charge in [-0.05, 0) is 43.5 Å². The van der Waals surface area contributed by atoms with E-state index >= 15 is 0 Å². The fourth-order valence-corrected chi connectivity index (χ4v) is 4.17. The van der Waals surface area contributed by atoms with Crippen molar-refractivity contribution in [3.05, 3.63) is 89.5 Å². The molecule has 0 spiro atoms. The van der Waals surface area contributed by atoms with Crippen LogP contribution in [0.1, 0.15) is 55.2 Å². The summed E-state index contributed by atoms with van der Waals surface area (Å²) in [4.78, 5) is 41.5. The maximum atomic E-state index is 13.5. The lowest BCUT2D eigenvalue weighted by molar-refractivity contribution is -0.154. The Balaban J connectivity index is 1.74. The summed E-state index contributed by atoms with van der Waals surface area (Å²) in [5.41, 5.74) is 0.373. The molecule has 0 aliphatic rings. The van der Waals surface area contributed by atoms with Gasteiger partial charge in [0, 0.05) is 18.2 Å². The summed E-state index contributed by atoms with van der Waals surface area (Å²) < 4.78 is 35.6. The van der Waals surface area contributed by atoms with Gasteiger partial charge in [-0.15, -0.1) is 0 Å². The molecule has 0 unspecified atom stereocenters. The van der Waals surface area contributed by atoms with Crippen molar-refractivity contribution in [1.29, 1.82) is 0 Å². The summed E-state index contributed by atoms with van der Waals surface area (Å²) in [7, 11) is 1.39. The molecule has 0 bridgehead atoms. The molecule has 3 aromatic rings. The highest BCUT2D eigenvalue weighted by molar-refractivity contribution is 5.97. The number of aldehydes is 1. The zero-order valence-corrected chi connectivity index (χ0v) is 24.5. The quantitative estimate of drug-likeness (QED) is 0.154. The second-order valence-electron chi connectivity index (χ2n) is 10.4. The van der Waals surface area contributed by atoms with Gasteiger partial charge in [0.05, 0.1) is 25.7 Å². The van der Waals surface area contributed by atoms with Gasteiger partial charge in [0.1, 0.15) is 17.6 Å². The Kier molecular flexibility index (Phi) is 11.6. The lowest BCUT2D eigenvalue weighted by atomic mass is 9.88. The molecule has 0 saturated heterocycles. The fourth-order valence-electron chi connectivity index (χ4n) is 4.17. The van der Waals surface area contributed by atoms with E-state index in [1.807, 2.05) is 37.3 Å². The van der Waals surface area contributed by atoms with Gasteiger partial charge in [-0.3, -0.25) is 9.59 Å². The number of hydrogen-bond acceptors (Lipinski definition) is 8. The maximum absolute atomic E-state index is 13.5. The minimum atomic E-state index is -1.42. The van der Waals surface area contributed by atoms with E-state index < -0.39 is 24.2 Å². The number of esters is 1. The highest BCUT2D eigenvalue weighted by atomic mass is 19.1. The molecule has 9 nitrogen and oxygen atoms in total. The highest BCUT2D eigenvalue weighted by Crippen LogP contribution is 2.30. The van der Waals surface area contributed by atoms with Gasteiger partial charge in [-0.25, -0.2) is 9.37 Å². The van der Waals surface area contributed by atoms with Crippen LogP contribution in [0.3, 0.4) is 0 Å². The first-order valence-electron chi connectivity index (χ1n) is 13.6. The van der Waals surface area contributed by atoms with Crippen molar-refractivity contribution in [2.45, 2.75) is 51.7 Å². The molecule has 0 aliphatic heterocycles. The van der Waals surface area contributed by atoms with Crippen LogP contribution in [-0.2, 0) is 25.5 Å². The minimum Gasteiger partial charge on any atom is -0.493 e. The molecule has 1 aromatic heterocycles. The topological polar surface area (TPSA) is 113 Å². The number of nitrogens with zero attached hydrogens (tertiary/aromatic N) is 1. The minimum absolute atomic E-state index is 0.0416. The van der Waals surface area contributed by atoms with Crippen molar-refractivity contribution in [3.8, 4) is 11.5 Å². The number of amides is 1. The third-order valence-corrected chi connectivity index (χ3v) is 6.65. The molecule has 10 heteroatoms. The summed E-state index contributed by atoms with van der Waals surface area (Å²) in [6, 6.07) is 17.6. The van der Waals surface area contributed by atoms with E-state index in [-0.39, 0.29) is 47.6 Å². The van der Waals surface area contributed by atoms with Crippen molar-refractivity contribution < 1.29 is 37.7 Å². The van der Waals surface area contributed by atoms with Crippen LogP contribution in [0.5, 0.6) is 11.5 Å². The Labute approximate surface area is 245 Å². The summed E-state index contributed by atoms with van der Waals surface area (Å²) >= 11 is 0. The number of halogens is 1. The van der Waals surface area contributed by atoms with E-state index in [4.69, 9.17) is 18.9 Å². The van der Waals surface area contributed by atoms with Gasteiger partial charge < -0.3 is 29.1 Å². The van der Waals surface area contributed by atoms with Gasteiger partial charge in [0.2, 0.25) is 6.79 Å². The summed E-state index contributed by atoms with van der Waals surface area (Å²) in [5.74, 6) is -1.82. The molecule has 0 radical (unpaired) electrons. The second-order valence-corrected chi connectivity index (χ2v) is 10.4. The van der Waals surface area contributed by atoms with Crippen LogP contribution in [0, 0.1) is 11.7 Å². The van der Waals surface area contributed by atoms with Crippen LogP contribution in [0.25, 0.3) is 0 Å². The normalized spacial score (nSPS) is 13.9. The Morgan fingerprint density at radius 1 is 1.05 bits per heavy atom. The van der Waals surface area contributed by atoms with Crippen molar-refractivity contribution >= 4 is 18.2 Å². The first-order chi connectivity index (χ1) is 20.1. The lowest BCUT2D eigenvalue weighted by Crippen LogP contribution is -2.52. The van der Waals surface area contributed by atoms with Gasteiger partial charge in [-0.1, -0.05) is 56.3 Å². The molecule has 224 valence electrons. The van der Waals surface area contributed by atoms with Crippen molar-refractivity contribution in [1.82, 2.24) is 10.3 Å². The zero-order chi connectivity index (χ0) is 30.7. The third kappa shape index (κ3) is 8.84. The molecule has 3 rings (SSSR count). The summed E-state index contributed by atoms with van der Waals surface area (Å²) in [6.07, 6.45) is 2.15. The van der Waals surface area contributed by atoms with E-state index in [1.165, 1.54) is 38.4 Å². The standard InChI is InChI=1S/C32H37FN2O7/c1-21(2)31(38)42-20-41-29-27(39-5)15-16-34-28(29)30(37)35-32(4,18-36)19-40-22(3)26(24-9-7-6-8-10-24)17-23-11-13-25(33)14-12-23/h6-16,18,21-22,26H,17,19-20H2,1-5H3,(H,35,37)/t22-,26-,32+/m0/s1. The van der Waals surface area contributed by atoms with Gasteiger partial charge >= 0.3 is 5.97 Å². The van der Waals surface area contributed by atoms with Gasteiger partial charge in [0.15, 0.2) is 17.2 Å². The molecule has 3 atom stereocenters. The Morgan fingerprint density at radius 3 is 2.36 bits per heavy atom. The number of ether oxygens (including phenoxy) is 4. The van der Waals surface area contributed by atoms with Crippen LogP contribution in [-0.4, -0.2) is 55.3 Å². The molecule has 0 aliphatic carbocycles. The number of hydrogen-bond donors (Lipinski definition) is 1. The predicted octanol–water partition coefficient (Wildman–Crippen LogP) is 4.88. The number of rotatable bonds is 15. The number of pyridine rings is 1. The Hall–Kier alpha value is -4.31. The number of carbonyl (C=O) groups excluding carboxylic acids is 3. The maximum Gasteiger partial charge on any atom is 0.311 e. The van der Waals surface area contributed by atoms with Crippen molar-refractivity contribution in [2.24, 2.45) is 5.92 Å². The summed E-state index contributed by atoms with van der Waals surface area (Å²) in [6.45, 7) is 6.19. The number of aromatic nitrogens is 1. The SMILES string of the molecule is COc1ccnc(C(=O)N[C@](C)(C=O)CO[C@@H](C)[C@H](Cc2ccc(F)cc2)c2ccccc2)c1OCOC(=O)C(C)C. The van der Waals surface area contributed by atoms with E-state index in [0.29, 0.717) is 12.7 Å². The average Bonchev–Trinajstić information content (AvgIpc) is 2.99. The molecular formula is C32H37FN2O7. The van der Waals surface area contributed by atoms with Crippen LogP contribution < -0.4 is 14.8 Å². The predicted molar refractivity (Wildman–Crippen MR) is 154 cm³/mol. The summed E-state index contributed by atoms with van der Waals surface area (Å²) in [5, 5.41) is 2.68. The smallest absolute Gasteiger partial charge is 0.311 e. The van der Waals surface area contributed by atoms with E-state index in [1.54, 1.807) is 26.0 Å². The van der Waals surface area contributed by atoms with Crippen LogP contribution in [0.15, 0.2) is 66.9 Å². The van der Waals surface area contributed by atoms with Crippen molar-refractivity contribution in [2.75, 3.05) is 20.5 Å². The third-order valence-electron chi connectivity index (χ3n) is 6.65. The number of benzene rings is 2. The van der Waals surface area contributed by atoms with E-state index in [9.17, 15) is 18.8 Å². The fraction of sp³-hybridized carbons (Fsp3) is 0.375. The van der Waals surface area contributed by atoms with E-state index in [0.717, 1.165) is 11.1 Å². The molecule has 1 amide bonds. The second kappa shape index (κ2) is 15.1. The molecule has 0 saturated carbocycles. The average molecular weight is 581 g/mol. The number of methoxy groups -OCH3 is 1. The lowest BCUT2D eigenvalue weighted by Gasteiger charge is -2.30. The van der Waals surface area contributed by atoms with Gasteiger partial charge in [0.25, 0.3) is 5.91 Å². The zero-order valence-electron chi connectivity index (χ0n) is 24.5. The van der Waals surface area contributed by atoms with Crippen molar-refractivity contribution in [3.63, 3.8) is 0 Å². The van der Waals surface area contributed by atoms with Crippen LogP contribution in [0.2, 0.25) is 0 Å². The number of carbonyl (C=O) groups is 3.